The number of aliphatic imine (C=N–C) groups is 1. The lowest BCUT2D eigenvalue weighted by atomic mass is 10.1. The van der Waals surface area contributed by atoms with Crippen LogP contribution >= 0.6 is 0 Å². The van der Waals surface area contributed by atoms with Crippen LogP contribution in [0.2, 0.25) is 0 Å². The van der Waals surface area contributed by atoms with Gasteiger partial charge in [-0.1, -0.05) is 71.1 Å². The molecule has 0 aliphatic rings. The van der Waals surface area contributed by atoms with Crippen molar-refractivity contribution in [2.75, 3.05) is 6.61 Å². The molecule has 0 radical (unpaired) electrons. The molecule has 0 saturated heterocycles. The molecule has 0 aromatic heterocycles. The SMILES string of the molecule is CCCCCCCCCCCCOC(=O)CCCCCC=NC(=O)O. The average molecular weight is 356 g/mol. The molecule has 146 valence electrons. The number of carbonyl (C=O) groups is 2. The molecule has 0 aromatic rings. The first-order valence-electron chi connectivity index (χ1n) is 10.1. The second-order valence-corrected chi connectivity index (χ2v) is 6.60. The zero-order valence-electron chi connectivity index (χ0n) is 16.0. The van der Waals surface area contributed by atoms with Gasteiger partial charge in [0.15, 0.2) is 0 Å². The van der Waals surface area contributed by atoms with Crippen LogP contribution in [0.25, 0.3) is 0 Å². The lowest BCUT2D eigenvalue weighted by molar-refractivity contribution is -0.143. The molecular weight excluding hydrogens is 318 g/mol. The first-order chi connectivity index (χ1) is 12.2. The summed E-state index contributed by atoms with van der Waals surface area (Å²) in [5.74, 6) is -0.116. The van der Waals surface area contributed by atoms with E-state index in [1.54, 1.807) is 0 Å². The van der Waals surface area contributed by atoms with E-state index < -0.39 is 6.09 Å². The van der Waals surface area contributed by atoms with Gasteiger partial charge in [-0.25, -0.2) is 4.79 Å². The van der Waals surface area contributed by atoms with Crippen molar-refractivity contribution in [3.8, 4) is 0 Å². The van der Waals surface area contributed by atoms with E-state index in [1.165, 1.54) is 57.6 Å². The largest absolute Gasteiger partial charge is 0.466 e. The van der Waals surface area contributed by atoms with Crippen LogP contribution in [0.3, 0.4) is 0 Å². The van der Waals surface area contributed by atoms with Crippen molar-refractivity contribution in [1.82, 2.24) is 0 Å². The number of ether oxygens (including phenoxy) is 1. The van der Waals surface area contributed by atoms with Crippen molar-refractivity contribution >= 4 is 18.3 Å². The minimum Gasteiger partial charge on any atom is -0.466 e. The van der Waals surface area contributed by atoms with Crippen LogP contribution in [0, 0.1) is 0 Å². The first-order valence-corrected chi connectivity index (χ1v) is 10.1. The summed E-state index contributed by atoms with van der Waals surface area (Å²) in [6.45, 7) is 2.79. The van der Waals surface area contributed by atoms with Crippen LogP contribution in [0.15, 0.2) is 4.99 Å². The highest BCUT2D eigenvalue weighted by Crippen LogP contribution is 2.10. The first kappa shape index (κ1) is 23.6. The molecule has 25 heavy (non-hydrogen) atoms. The maximum absolute atomic E-state index is 11.6. The lowest BCUT2D eigenvalue weighted by Gasteiger charge is -2.05. The quantitative estimate of drug-likeness (QED) is 0.193. The highest BCUT2D eigenvalue weighted by molar-refractivity contribution is 5.77. The second-order valence-electron chi connectivity index (χ2n) is 6.60. The number of carboxylic acid groups (broad SMARTS) is 1. The van der Waals surface area contributed by atoms with Crippen molar-refractivity contribution in [1.29, 1.82) is 0 Å². The van der Waals surface area contributed by atoms with Gasteiger partial charge in [0.2, 0.25) is 0 Å². The summed E-state index contributed by atoms with van der Waals surface area (Å²) >= 11 is 0. The summed E-state index contributed by atoms with van der Waals surface area (Å²) in [4.78, 5) is 25.0. The number of nitrogens with zero attached hydrogens (tertiary/aromatic N) is 1. The van der Waals surface area contributed by atoms with Crippen LogP contribution in [0.5, 0.6) is 0 Å². The highest BCUT2D eigenvalue weighted by atomic mass is 16.5. The third-order valence-electron chi connectivity index (χ3n) is 4.18. The molecule has 1 N–H and O–H groups in total. The Morgan fingerprint density at radius 1 is 0.840 bits per heavy atom. The van der Waals surface area contributed by atoms with Gasteiger partial charge in [0.1, 0.15) is 0 Å². The zero-order valence-corrected chi connectivity index (χ0v) is 16.0. The third kappa shape index (κ3) is 20.6. The Hall–Kier alpha value is -1.39. The molecule has 0 spiro atoms. The van der Waals surface area contributed by atoms with Crippen LogP contribution in [-0.4, -0.2) is 30.0 Å². The Labute approximate surface area is 153 Å². The molecule has 0 bridgehead atoms. The summed E-state index contributed by atoms with van der Waals surface area (Å²) in [5.41, 5.74) is 0. The van der Waals surface area contributed by atoms with E-state index in [-0.39, 0.29) is 5.97 Å². The Morgan fingerprint density at radius 3 is 2.00 bits per heavy atom. The van der Waals surface area contributed by atoms with E-state index in [0.29, 0.717) is 19.4 Å². The zero-order chi connectivity index (χ0) is 18.6. The van der Waals surface area contributed by atoms with Crippen LogP contribution in [0.4, 0.5) is 4.79 Å². The van der Waals surface area contributed by atoms with E-state index in [0.717, 1.165) is 32.1 Å². The minimum atomic E-state index is -1.16. The Balaban J connectivity index is 3.21. The van der Waals surface area contributed by atoms with Crippen molar-refractivity contribution < 1.29 is 19.4 Å². The molecule has 5 nitrogen and oxygen atoms in total. The number of hydrogen-bond acceptors (Lipinski definition) is 3. The Bertz CT molecular complexity index is 356. The number of carbonyl (C=O) groups excluding carboxylic acids is 1. The molecule has 1 amide bonds. The van der Waals surface area contributed by atoms with Gasteiger partial charge in [-0.2, -0.15) is 4.99 Å². The number of unbranched alkanes of at least 4 members (excludes halogenated alkanes) is 12. The maximum Gasteiger partial charge on any atom is 0.430 e. The summed E-state index contributed by atoms with van der Waals surface area (Å²) in [5, 5.41) is 8.33. The predicted molar refractivity (Wildman–Crippen MR) is 102 cm³/mol. The minimum absolute atomic E-state index is 0.116. The van der Waals surface area contributed by atoms with E-state index >= 15 is 0 Å². The normalized spacial score (nSPS) is 11.1. The van der Waals surface area contributed by atoms with Gasteiger partial charge in [-0.15, -0.1) is 0 Å². The number of rotatable bonds is 17. The molecule has 5 heteroatoms. The maximum atomic E-state index is 11.6. The third-order valence-corrected chi connectivity index (χ3v) is 4.18. The Kier molecular flexibility index (Phi) is 17.9. The molecule has 0 aliphatic carbocycles. The van der Waals surface area contributed by atoms with Gasteiger partial charge in [0.05, 0.1) is 6.61 Å². The highest BCUT2D eigenvalue weighted by Gasteiger charge is 2.02. The summed E-state index contributed by atoms with van der Waals surface area (Å²) in [7, 11) is 0. The van der Waals surface area contributed by atoms with Gasteiger partial charge < -0.3 is 9.84 Å². The molecule has 0 rings (SSSR count). The van der Waals surface area contributed by atoms with Crippen molar-refractivity contribution in [2.45, 2.75) is 103 Å². The average Bonchev–Trinajstić information content (AvgIpc) is 2.58. The monoisotopic (exact) mass is 355 g/mol. The van der Waals surface area contributed by atoms with Crippen molar-refractivity contribution in [3.05, 3.63) is 0 Å². The standard InChI is InChI=1S/C20H37NO4/c1-2-3-4-5-6-7-8-9-12-15-18-25-19(22)16-13-10-11-14-17-21-20(23)24/h17H,2-16,18H2,1H3,(H,23,24). The van der Waals surface area contributed by atoms with Crippen LogP contribution in [-0.2, 0) is 9.53 Å². The molecule has 0 aliphatic heterocycles. The molecule has 0 aromatic carbocycles. The number of amides is 1. The smallest absolute Gasteiger partial charge is 0.430 e. The fourth-order valence-corrected chi connectivity index (χ4v) is 2.67. The van der Waals surface area contributed by atoms with E-state index in [1.807, 2.05) is 0 Å². The fraction of sp³-hybridized carbons (Fsp3) is 0.850. The molecule has 0 unspecified atom stereocenters. The van der Waals surface area contributed by atoms with Gasteiger partial charge >= 0.3 is 12.1 Å². The van der Waals surface area contributed by atoms with E-state index in [2.05, 4.69) is 11.9 Å². The summed E-state index contributed by atoms with van der Waals surface area (Å²) in [6.07, 6.45) is 16.6. The molecule has 0 fully saturated rings. The fourth-order valence-electron chi connectivity index (χ4n) is 2.67. The second kappa shape index (κ2) is 18.9. The van der Waals surface area contributed by atoms with Crippen LogP contribution < -0.4 is 0 Å². The molecular formula is C20H37NO4. The molecule has 0 heterocycles. The molecule has 0 saturated carbocycles. The number of hydrogen-bond donors (Lipinski definition) is 1. The van der Waals surface area contributed by atoms with Crippen molar-refractivity contribution in [3.63, 3.8) is 0 Å². The molecule has 0 atom stereocenters. The van der Waals surface area contributed by atoms with Gasteiger partial charge in [0, 0.05) is 12.6 Å². The van der Waals surface area contributed by atoms with Crippen LogP contribution in [0.1, 0.15) is 103 Å². The lowest BCUT2D eigenvalue weighted by Crippen LogP contribution is -2.05. The van der Waals surface area contributed by atoms with Gasteiger partial charge in [-0.3, -0.25) is 4.79 Å². The summed E-state index contributed by atoms with van der Waals surface area (Å²) in [6, 6.07) is 0. The van der Waals surface area contributed by atoms with E-state index in [9.17, 15) is 9.59 Å². The van der Waals surface area contributed by atoms with Crippen molar-refractivity contribution in [2.24, 2.45) is 4.99 Å². The van der Waals surface area contributed by atoms with E-state index in [4.69, 9.17) is 9.84 Å². The topological polar surface area (TPSA) is 76.0 Å². The Morgan fingerprint density at radius 2 is 1.40 bits per heavy atom. The van der Waals surface area contributed by atoms with Gasteiger partial charge in [0.25, 0.3) is 0 Å². The number of esters is 1. The van der Waals surface area contributed by atoms with Gasteiger partial charge in [-0.05, 0) is 25.7 Å². The predicted octanol–water partition coefficient (Wildman–Crippen LogP) is 6.15. The summed E-state index contributed by atoms with van der Waals surface area (Å²) < 4.78 is 5.23.